The molecule has 1 N–H and O–H groups in total. The highest BCUT2D eigenvalue weighted by atomic mass is 16.5. The van der Waals surface area contributed by atoms with Gasteiger partial charge in [0.2, 0.25) is 0 Å². The SMILES string of the molecule is COc1ccc2c(c1OC)CCn1c-2c(C)c(O)cc1=O. The number of hydrogen-bond acceptors (Lipinski definition) is 4. The molecule has 1 aromatic carbocycles. The molecule has 0 radical (unpaired) electrons. The zero-order valence-corrected chi connectivity index (χ0v) is 12.3. The average molecular weight is 287 g/mol. The van der Waals surface area contributed by atoms with E-state index in [1.165, 1.54) is 6.07 Å². The van der Waals surface area contributed by atoms with Crippen molar-refractivity contribution in [2.24, 2.45) is 0 Å². The number of nitrogens with zero attached hydrogens (tertiary/aromatic N) is 1. The van der Waals surface area contributed by atoms with Crippen molar-refractivity contribution in [2.45, 2.75) is 19.9 Å². The third-order valence-corrected chi connectivity index (χ3v) is 4.02. The van der Waals surface area contributed by atoms with Gasteiger partial charge in [0.25, 0.3) is 5.56 Å². The molecule has 0 saturated heterocycles. The summed E-state index contributed by atoms with van der Waals surface area (Å²) >= 11 is 0. The highest BCUT2D eigenvalue weighted by Gasteiger charge is 2.25. The van der Waals surface area contributed by atoms with Gasteiger partial charge in [-0.1, -0.05) is 0 Å². The second kappa shape index (κ2) is 4.84. The van der Waals surface area contributed by atoms with Crippen LogP contribution in [0.25, 0.3) is 11.3 Å². The average Bonchev–Trinajstić information content (AvgIpc) is 2.50. The van der Waals surface area contributed by atoms with Crippen LogP contribution in [0.1, 0.15) is 11.1 Å². The summed E-state index contributed by atoms with van der Waals surface area (Å²) < 4.78 is 12.5. The standard InChI is InChI=1S/C16H17NO4/c1-9-12(18)8-14(19)17-7-6-11-10(15(9)17)4-5-13(20-2)16(11)21-3/h4-5,8,18H,6-7H2,1-3H3. The van der Waals surface area contributed by atoms with E-state index in [0.29, 0.717) is 30.0 Å². The lowest BCUT2D eigenvalue weighted by atomic mass is 9.93. The Morgan fingerprint density at radius 1 is 1.24 bits per heavy atom. The van der Waals surface area contributed by atoms with E-state index in [9.17, 15) is 9.90 Å². The summed E-state index contributed by atoms with van der Waals surface area (Å²) in [5.41, 5.74) is 3.17. The van der Waals surface area contributed by atoms with Crippen LogP contribution < -0.4 is 15.0 Å². The quantitative estimate of drug-likeness (QED) is 0.919. The van der Waals surface area contributed by atoms with Gasteiger partial charge < -0.3 is 19.1 Å². The van der Waals surface area contributed by atoms with Gasteiger partial charge in [-0.2, -0.15) is 0 Å². The molecule has 5 nitrogen and oxygen atoms in total. The predicted octanol–water partition coefficient (Wildman–Crippen LogP) is 2.10. The Hall–Kier alpha value is -2.43. The Bertz CT molecular complexity index is 777. The van der Waals surface area contributed by atoms with Crippen molar-refractivity contribution in [2.75, 3.05) is 14.2 Å². The van der Waals surface area contributed by atoms with Gasteiger partial charge in [0, 0.05) is 29.3 Å². The van der Waals surface area contributed by atoms with Gasteiger partial charge in [0.1, 0.15) is 5.75 Å². The van der Waals surface area contributed by atoms with E-state index in [-0.39, 0.29) is 11.3 Å². The lowest BCUT2D eigenvalue weighted by Crippen LogP contribution is -2.26. The van der Waals surface area contributed by atoms with Crippen molar-refractivity contribution < 1.29 is 14.6 Å². The fourth-order valence-electron chi connectivity index (χ4n) is 2.99. The van der Waals surface area contributed by atoms with Gasteiger partial charge in [-0.25, -0.2) is 0 Å². The molecular weight excluding hydrogens is 270 g/mol. The first-order valence-electron chi connectivity index (χ1n) is 6.76. The molecule has 1 aromatic heterocycles. The molecule has 0 saturated carbocycles. The number of fused-ring (bicyclic) bond motifs is 3. The second-order valence-electron chi connectivity index (χ2n) is 5.07. The molecule has 0 spiro atoms. The van der Waals surface area contributed by atoms with Crippen molar-refractivity contribution in [1.29, 1.82) is 0 Å². The van der Waals surface area contributed by atoms with Crippen LogP contribution in [0, 0.1) is 6.92 Å². The molecule has 21 heavy (non-hydrogen) atoms. The first-order valence-corrected chi connectivity index (χ1v) is 6.76. The lowest BCUT2D eigenvalue weighted by Gasteiger charge is -2.26. The predicted molar refractivity (Wildman–Crippen MR) is 79.3 cm³/mol. The van der Waals surface area contributed by atoms with Crippen molar-refractivity contribution in [3.8, 4) is 28.5 Å². The van der Waals surface area contributed by atoms with Crippen LogP contribution in [0.15, 0.2) is 23.0 Å². The monoisotopic (exact) mass is 287 g/mol. The Morgan fingerprint density at radius 2 is 2.00 bits per heavy atom. The van der Waals surface area contributed by atoms with Gasteiger partial charge in [-0.15, -0.1) is 0 Å². The summed E-state index contributed by atoms with van der Waals surface area (Å²) in [7, 11) is 3.21. The summed E-state index contributed by atoms with van der Waals surface area (Å²) in [6.45, 7) is 2.37. The number of benzene rings is 1. The van der Waals surface area contributed by atoms with Gasteiger partial charge >= 0.3 is 0 Å². The van der Waals surface area contributed by atoms with E-state index in [2.05, 4.69) is 0 Å². The summed E-state index contributed by atoms with van der Waals surface area (Å²) in [5.74, 6) is 1.38. The van der Waals surface area contributed by atoms with Crippen LogP contribution in [0.4, 0.5) is 0 Å². The molecule has 110 valence electrons. The van der Waals surface area contributed by atoms with Crippen LogP contribution in [-0.4, -0.2) is 23.9 Å². The molecular formula is C16H17NO4. The Kier molecular flexibility index (Phi) is 3.12. The number of methoxy groups -OCH3 is 2. The molecule has 1 aliphatic heterocycles. The molecule has 0 unspecified atom stereocenters. The minimum Gasteiger partial charge on any atom is -0.507 e. The molecule has 0 bridgehead atoms. The minimum absolute atomic E-state index is 0.0221. The molecule has 1 aliphatic rings. The number of rotatable bonds is 2. The molecule has 5 heteroatoms. The van der Waals surface area contributed by atoms with E-state index in [4.69, 9.17) is 9.47 Å². The van der Waals surface area contributed by atoms with E-state index < -0.39 is 0 Å². The molecule has 0 amide bonds. The maximum absolute atomic E-state index is 12.1. The number of ether oxygens (including phenoxy) is 2. The van der Waals surface area contributed by atoms with Gasteiger partial charge in [-0.05, 0) is 25.5 Å². The van der Waals surface area contributed by atoms with Gasteiger partial charge in [0.15, 0.2) is 11.5 Å². The first kappa shape index (κ1) is 13.5. The number of pyridine rings is 1. The van der Waals surface area contributed by atoms with Crippen LogP contribution in [0.3, 0.4) is 0 Å². The highest BCUT2D eigenvalue weighted by molar-refractivity contribution is 5.75. The molecule has 2 aromatic rings. The summed E-state index contributed by atoms with van der Waals surface area (Å²) in [5, 5.41) is 9.94. The largest absolute Gasteiger partial charge is 0.507 e. The summed E-state index contributed by atoms with van der Waals surface area (Å²) in [6, 6.07) is 5.00. The topological polar surface area (TPSA) is 60.7 Å². The molecule has 0 fully saturated rings. The number of aromatic nitrogens is 1. The molecule has 3 rings (SSSR count). The van der Waals surface area contributed by atoms with E-state index in [1.807, 2.05) is 19.1 Å². The van der Waals surface area contributed by atoms with Crippen molar-refractivity contribution in [3.63, 3.8) is 0 Å². The van der Waals surface area contributed by atoms with E-state index >= 15 is 0 Å². The molecule has 2 heterocycles. The van der Waals surface area contributed by atoms with Crippen molar-refractivity contribution >= 4 is 0 Å². The smallest absolute Gasteiger partial charge is 0.254 e. The summed E-state index contributed by atoms with van der Waals surface area (Å²) in [4.78, 5) is 12.1. The Balaban J connectivity index is 2.36. The third-order valence-electron chi connectivity index (χ3n) is 4.02. The van der Waals surface area contributed by atoms with Crippen LogP contribution in [-0.2, 0) is 13.0 Å². The van der Waals surface area contributed by atoms with Crippen LogP contribution >= 0.6 is 0 Å². The zero-order chi connectivity index (χ0) is 15.1. The van der Waals surface area contributed by atoms with Crippen LogP contribution in [0.5, 0.6) is 17.2 Å². The number of aromatic hydroxyl groups is 1. The van der Waals surface area contributed by atoms with Crippen molar-refractivity contribution in [3.05, 3.63) is 39.7 Å². The highest BCUT2D eigenvalue weighted by Crippen LogP contribution is 2.42. The Labute approximate surface area is 122 Å². The van der Waals surface area contributed by atoms with E-state index in [0.717, 1.165) is 16.8 Å². The maximum Gasteiger partial charge on any atom is 0.254 e. The summed E-state index contributed by atoms with van der Waals surface area (Å²) in [6.07, 6.45) is 0.687. The lowest BCUT2D eigenvalue weighted by molar-refractivity contribution is 0.350. The first-order chi connectivity index (χ1) is 10.1. The van der Waals surface area contributed by atoms with Gasteiger partial charge in [0.05, 0.1) is 19.9 Å². The fraction of sp³-hybridized carbons (Fsp3) is 0.312. The van der Waals surface area contributed by atoms with Crippen LogP contribution in [0.2, 0.25) is 0 Å². The maximum atomic E-state index is 12.1. The normalized spacial score (nSPS) is 12.5. The fourth-order valence-corrected chi connectivity index (χ4v) is 2.99. The second-order valence-corrected chi connectivity index (χ2v) is 5.07. The Morgan fingerprint density at radius 3 is 2.67 bits per heavy atom. The zero-order valence-electron chi connectivity index (χ0n) is 12.3. The number of hydrogen-bond donors (Lipinski definition) is 1. The van der Waals surface area contributed by atoms with Crippen molar-refractivity contribution in [1.82, 2.24) is 4.57 Å². The molecule has 0 atom stereocenters. The van der Waals surface area contributed by atoms with Gasteiger partial charge in [-0.3, -0.25) is 4.79 Å². The minimum atomic E-state index is -0.187. The molecule has 0 aliphatic carbocycles. The van der Waals surface area contributed by atoms with E-state index in [1.54, 1.807) is 18.8 Å². The third kappa shape index (κ3) is 1.88.